The number of hydrogen-bond donors (Lipinski definition) is 1. The van der Waals surface area contributed by atoms with Gasteiger partial charge in [0.15, 0.2) is 0 Å². The van der Waals surface area contributed by atoms with Crippen LogP contribution in [-0.2, 0) is 6.61 Å². The fourth-order valence-electron chi connectivity index (χ4n) is 3.74. The molecule has 0 aromatic heterocycles. The van der Waals surface area contributed by atoms with Gasteiger partial charge in [0.05, 0.1) is 15.2 Å². The van der Waals surface area contributed by atoms with Crippen LogP contribution in [0.5, 0.6) is 17.2 Å². The number of fused-ring (bicyclic) bond motifs is 1. The van der Waals surface area contributed by atoms with Crippen molar-refractivity contribution in [2.45, 2.75) is 22.9 Å². The Morgan fingerprint density at radius 1 is 0.875 bits per heavy atom. The quantitative estimate of drug-likeness (QED) is 0.320. The minimum atomic E-state index is -0.225. The number of halogens is 1. The fourth-order valence-corrected chi connectivity index (χ4v) is 5.41. The second-order valence-corrected chi connectivity index (χ2v) is 9.07. The van der Waals surface area contributed by atoms with E-state index in [4.69, 9.17) is 22.5 Å². The third-order valence-corrected chi connectivity index (χ3v) is 7.27. The summed E-state index contributed by atoms with van der Waals surface area (Å²) in [6.07, 6.45) is -0.225. The van der Waals surface area contributed by atoms with Gasteiger partial charge in [-0.25, -0.2) is 0 Å². The average molecular weight is 463 g/mol. The fraction of sp³-hybridized carbons (Fsp3) is 0.111. The van der Waals surface area contributed by atoms with Crippen molar-refractivity contribution in [2.75, 3.05) is 0 Å². The van der Waals surface area contributed by atoms with Gasteiger partial charge in [-0.2, -0.15) is 0 Å². The predicted molar refractivity (Wildman–Crippen MR) is 129 cm³/mol. The van der Waals surface area contributed by atoms with E-state index in [1.165, 1.54) is 0 Å². The Balaban J connectivity index is 1.47. The number of hydrogen-bond acceptors (Lipinski definition) is 4. The normalized spacial score (nSPS) is 17.6. The maximum Gasteiger partial charge on any atom is 0.293 e. The average Bonchev–Trinajstić information content (AvgIpc) is 2.89. The van der Waals surface area contributed by atoms with E-state index in [1.807, 2.05) is 72.8 Å². The maximum atomic E-state index is 7.10. The summed E-state index contributed by atoms with van der Waals surface area (Å²) in [5, 5.41) is 5.13. The summed E-state index contributed by atoms with van der Waals surface area (Å²) in [6, 6.07) is 31.5. The zero-order valence-electron chi connectivity index (χ0n) is 18.1. The number of benzene rings is 4. The van der Waals surface area contributed by atoms with E-state index in [-0.39, 0.29) is 11.4 Å². The van der Waals surface area contributed by atoms with Crippen molar-refractivity contribution in [3.63, 3.8) is 0 Å². The van der Waals surface area contributed by atoms with Gasteiger partial charge in [-0.3, -0.25) is 0 Å². The number of ether oxygens (including phenoxy) is 2. The number of phenolic OH excluding ortho intramolecular Hbond substituents is 1. The Bertz CT molecular complexity index is 1220. The molecular weight excluding hydrogens is 440 g/mol. The number of phenols is 1. The van der Waals surface area contributed by atoms with Gasteiger partial charge in [0.1, 0.15) is 30.0 Å². The first-order chi connectivity index (χ1) is 16.2. The minimum Gasteiger partial charge on any atom is -0.508 e. The second-order valence-electron chi connectivity index (χ2n) is 7.54. The van der Waals surface area contributed by atoms with Gasteiger partial charge in [-0.05, 0) is 41.0 Å². The molecule has 1 aliphatic heterocycles. The molecule has 0 aliphatic carbocycles. The molecule has 0 spiro atoms. The summed E-state index contributed by atoms with van der Waals surface area (Å²) in [5.74, 6) is 1.86. The maximum absolute atomic E-state index is 7.10. The van der Waals surface area contributed by atoms with Gasteiger partial charge in [0.2, 0.25) is 0 Å². The monoisotopic (exact) mass is 462 g/mol. The first-order valence-corrected chi connectivity index (χ1v) is 11.6. The summed E-state index contributed by atoms with van der Waals surface area (Å²) >= 11 is 8.50. The Hall–Kier alpha value is -3.08. The molecule has 5 heteroatoms. The lowest BCUT2D eigenvalue weighted by atomic mass is 10.00. The van der Waals surface area contributed by atoms with E-state index >= 15 is 0 Å². The standard InChI is InChI=1S/C27H21ClO3S/c28-24-22(30-17-18-7-3-1-4-8-18)15-16-23-27(24)32-26(20-9-5-2-6-10-20)25(31-23)19-11-13-21(29)14-12-19/h1-16,25-26,29H,17H2/t25-,26+/m1/s1/i/hT. The molecule has 0 radical (unpaired) electrons. The highest BCUT2D eigenvalue weighted by molar-refractivity contribution is 7.99. The van der Waals surface area contributed by atoms with Crippen LogP contribution in [0.25, 0.3) is 0 Å². The molecule has 0 fully saturated rings. The minimum absolute atomic E-state index is 0.0108. The predicted octanol–water partition coefficient (Wildman–Crippen LogP) is 7.59. The smallest absolute Gasteiger partial charge is 0.293 e. The second kappa shape index (κ2) is 9.19. The van der Waals surface area contributed by atoms with Gasteiger partial charge < -0.3 is 14.6 Å². The van der Waals surface area contributed by atoms with Crippen LogP contribution in [0.1, 0.15) is 28.0 Å². The number of aromatic hydroxyl groups is 1. The van der Waals surface area contributed by atoms with Crippen LogP contribution in [-0.4, -0.2) is 6.54 Å². The molecule has 0 saturated carbocycles. The van der Waals surface area contributed by atoms with Crippen LogP contribution in [0.15, 0.2) is 102 Å². The van der Waals surface area contributed by atoms with Crippen molar-refractivity contribution in [2.24, 2.45) is 0 Å². The molecule has 0 bridgehead atoms. The highest BCUT2D eigenvalue weighted by atomic mass is 35.5. The van der Waals surface area contributed by atoms with E-state index < -0.39 is 0 Å². The third kappa shape index (κ3) is 4.29. The molecule has 0 unspecified atom stereocenters. The molecule has 32 heavy (non-hydrogen) atoms. The molecule has 0 saturated heterocycles. The third-order valence-electron chi connectivity index (χ3n) is 5.37. The summed E-state index contributed by atoms with van der Waals surface area (Å²) in [7, 11) is 0. The lowest BCUT2D eigenvalue weighted by Gasteiger charge is -2.34. The van der Waals surface area contributed by atoms with E-state index in [1.54, 1.807) is 23.9 Å². The van der Waals surface area contributed by atoms with Gasteiger partial charge in [-0.1, -0.05) is 84.4 Å². The van der Waals surface area contributed by atoms with Crippen LogP contribution in [0, 0.1) is 0 Å². The van der Waals surface area contributed by atoms with E-state index in [9.17, 15) is 0 Å². The van der Waals surface area contributed by atoms with Crippen LogP contribution in [0.2, 0.25) is 5.02 Å². The summed E-state index contributed by atoms with van der Waals surface area (Å²) in [4.78, 5) is 0.874. The van der Waals surface area contributed by atoms with Crippen molar-refractivity contribution in [1.82, 2.24) is 0 Å². The van der Waals surface area contributed by atoms with Crippen molar-refractivity contribution in [1.29, 1.82) is 1.43 Å². The summed E-state index contributed by atoms with van der Waals surface area (Å²) in [6.45, 7) is 0.444. The molecule has 0 amide bonds. The van der Waals surface area contributed by atoms with Crippen molar-refractivity contribution >= 4 is 23.4 Å². The molecule has 1 aliphatic rings. The molecular formula is C27H21ClO3S. The Morgan fingerprint density at radius 2 is 1.59 bits per heavy atom. The lowest BCUT2D eigenvalue weighted by molar-refractivity contribution is 0.190. The first-order valence-electron chi connectivity index (χ1n) is 10.7. The number of thioether (sulfide) groups is 1. The van der Waals surface area contributed by atoms with E-state index in [2.05, 4.69) is 17.2 Å². The lowest BCUT2D eigenvalue weighted by Crippen LogP contribution is -2.19. The van der Waals surface area contributed by atoms with Gasteiger partial charge in [0, 0.05) is 0 Å². The molecule has 1 heterocycles. The van der Waals surface area contributed by atoms with E-state index in [0.29, 0.717) is 23.1 Å². The van der Waals surface area contributed by atoms with Crippen LogP contribution >= 0.6 is 23.4 Å². The van der Waals surface area contributed by atoms with Crippen LogP contribution in [0.3, 0.4) is 0 Å². The number of rotatable bonds is 6. The highest BCUT2D eigenvalue weighted by Crippen LogP contribution is 2.56. The zero-order valence-corrected chi connectivity index (χ0v) is 18.7. The Labute approximate surface area is 198 Å². The summed E-state index contributed by atoms with van der Waals surface area (Å²) in [5.41, 5.74) is 3.23. The van der Waals surface area contributed by atoms with Gasteiger partial charge in [-0.15, -0.1) is 11.8 Å². The zero-order chi connectivity index (χ0) is 22.6. The van der Waals surface area contributed by atoms with Crippen molar-refractivity contribution in [3.8, 4) is 17.2 Å². The van der Waals surface area contributed by atoms with Crippen LogP contribution < -0.4 is 9.47 Å². The van der Waals surface area contributed by atoms with Gasteiger partial charge >= 0.3 is 0 Å². The molecule has 3 nitrogen and oxygen atoms in total. The van der Waals surface area contributed by atoms with Crippen molar-refractivity contribution < 1.29 is 14.6 Å². The molecule has 2 atom stereocenters. The van der Waals surface area contributed by atoms with Crippen molar-refractivity contribution in [3.05, 3.63) is 119 Å². The molecule has 4 aromatic carbocycles. The molecule has 160 valence electrons. The van der Waals surface area contributed by atoms with Gasteiger partial charge in [0.25, 0.3) is 1.43 Å². The van der Waals surface area contributed by atoms with E-state index in [0.717, 1.165) is 27.3 Å². The summed E-state index contributed by atoms with van der Waals surface area (Å²) < 4.78 is 19.6. The molecule has 1 N–H and O–H groups in total. The Kier molecular flexibility index (Phi) is 5.63. The SMILES string of the molecule is [3H]Oc1ccc([C@H]2Oc3ccc(OCc4ccccc4)c(Cl)c3S[C@H]2c2ccccc2)cc1. The van der Waals surface area contributed by atoms with Crippen LogP contribution in [0.4, 0.5) is 0 Å². The topological polar surface area (TPSA) is 38.7 Å². The molecule has 5 rings (SSSR count). The highest BCUT2D eigenvalue weighted by Gasteiger charge is 2.35. The largest absolute Gasteiger partial charge is 0.508 e. The first kappa shape index (κ1) is 19.6. The molecule has 4 aromatic rings. The Morgan fingerprint density at radius 3 is 2.31 bits per heavy atom.